The fourth-order valence-corrected chi connectivity index (χ4v) is 5.63. The number of thiophene rings is 1. The molecule has 1 aromatic carbocycles. The SMILES string of the molecule is O=C(C(=O)N1CCN(c2nc(C3CC3)nc3scc(-c4ccccc4)c23)CC1)N1CCOCC1. The molecule has 2 aliphatic heterocycles. The number of carbonyl (C=O) groups excluding carboxylic acids is 2. The Bertz CT molecular complexity index is 1210. The highest BCUT2D eigenvalue weighted by Crippen LogP contribution is 2.43. The van der Waals surface area contributed by atoms with Gasteiger partial charge in [-0.2, -0.15) is 0 Å². The van der Waals surface area contributed by atoms with Crippen molar-refractivity contribution in [3.8, 4) is 11.1 Å². The Morgan fingerprint density at radius 2 is 1.56 bits per heavy atom. The Labute approximate surface area is 202 Å². The first-order valence-electron chi connectivity index (χ1n) is 11.9. The number of nitrogens with zero attached hydrogens (tertiary/aromatic N) is 5. The first-order valence-corrected chi connectivity index (χ1v) is 12.8. The second-order valence-electron chi connectivity index (χ2n) is 9.06. The molecule has 8 nitrogen and oxygen atoms in total. The van der Waals surface area contributed by atoms with E-state index in [0.717, 1.165) is 45.8 Å². The van der Waals surface area contributed by atoms with Gasteiger partial charge in [-0.3, -0.25) is 9.59 Å². The topological polar surface area (TPSA) is 78.9 Å². The quantitative estimate of drug-likeness (QED) is 0.540. The van der Waals surface area contributed by atoms with Crippen molar-refractivity contribution < 1.29 is 14.3 Å². The third-order valence-corrected chi connectivity index (χ3v) is 7.68. The number of ether oxygens (including phenoxy) is 1. The Hall–Kier alpha value is -3.04. The zero-order chi connectivity index (χ0) is 23.1. The lowest BCUT2D eigenvalue weighted by molar-refractivity contribution is -0.154. The molecule has 0 spiro atoms. The number of piperazine rings is 1. The summed E-state index contributed by atoms with van der Waals surface area (Å²) in [6.45, 7) is 4.23. The van der Waals surface area contributed by atoms with Crippen LogP contribution in [-0.4, -0.2) is 84.1 Å². The summed E-state index contributed by atoms with van der Waals surface area (Å²) < 4.78 is 5.30. The van der Waals surface area contributed by atoms with E-state index in [4.69, 9.17) is 14.7 Å². The lowest BCUT2D eigenvalue weighted by Gasteiger charge is -2.36. The predicted molar refractivity (Wildman–Crippen MR) is 131 cm³/mol. The van der Waals surface area contributed by atoms with Gasteiger partial charge in [-0.05, 0) is 18.4 Å². The summed E-state index contributed by atoms with van der Waals surface area (Å²) in [5.41, 5.74) is 2.31. The van der Waals surface area contributed by atoms with Crippen molar-refractivity contribution in [3.05, 3.63) is 41.5 Å². The largest absolute Gasteiger partial charge is 0.378 e. The molecular weight excluding hydrogens is 450 g/mol. The minimum Gasteiger partial charge on any atom is -0.378 e. The van der Waals surface area contributed by atoms with Gasteiger partial charge in [-0.15, -0.1) is 11.3 Å². The predicted octanol–water partition coefficient (Wildman–Crippen LogP) is 2.74. The number of carbonyl (C=O) groups is 2. The van der Waals surface area contributed by atoms with Crippen molar-refractivity contribution in [1.82, 2.24) is 19.8 Å². The van der Waals surface area contributed by atoms with Crippen molar-refractivity contribution in [2.45, 2.75) is 18.8 Å². The van der Waals surface area contributed by atoms with Crippen LogP contribution in [0.25, 0.3) is 21.3 Å². The first kappa shape index (κ1) is 21.5. The van der Waals surface area contributed by atoms with Crippen molar-refractivity contribution in [2.24, 2.45) is 0 Å². The van der Waals surface area contributed by atoms with Crippen LogP contribution in [0, 0.1) is 0 Å². The molecule has 3 aromatic rings. The number of aromatic nitrogens is 2. The van der Waals surface area contributed by atoms with Crippen molar-refractivity contribution in [3.63, 3.8) is 0 Å². The van der Waals surface area contributed by atoms with Gasteiger partial charge in [-0.1, -0.05) is 30.3 Å². The molecule has 0 unspecified atom stereocenters. The van der Waals surface area contributed by atoms with E-state index in [1.165, 1.54) is 0 Å². The average molecular weight is 478 g/mol. The third-order valence-electron chi connectivity index (χ3n) is 6.81. The Kier molecular flexibility index (Phi) is 5.66. The van der Waals surface area contributed by atoms with Crippen LogP contribution in [0.3, 0.4) is 0 Å². The van der Waals surface area contributed by atoms with Crippen LogP contribution in [-0.2, 0) is 14.3 Å². The fourth-order valence-electron chi connectivity index (χ4n) is 4.68. The molecule has 6 rings (SSSR count). The normalized spacial score (nSPS) is 19.0. The smallest absolute Gasteiger partial charge is 0.312 e. The molecule has 1 saturated carbocycles. The van der Waals surface area contributed by atoms with Crippen molar-refractivity contribution in [1.29, 1.82) is 0 Å². The molecule has 1 aliphatic carbocycles. The van der Waals surface area contributed by atoms with Crippen LogP contribution in [0.4, 0.5) is 5.82 Å². The molecule has 0 atom stereocenters. The van der Waals surface area contributed by atoms with E-state index < -0.39 is 11.8 Å². The van der Waals surface area contributed by atoms with Gasteiger partial charge in [0.2, 0.25) is 0 Å². The highest BCUT2D eigenvalue weighted by atomic mass is 32.1. The molecule has 0 radical (unpaired) electrons. The maximum Gasteiger partial charge on any atom is 0.312 e. The van der Waals surface area contributed by atoms with Crippen LogP contribution in [0.1, 0.15) is 24.6 Å². The molecule has 0 bridgehead atoms. The van der Waals surface area contributed by atoms with Crippen molar-refractivity contribution >= 4 is 39.2 Å². The number of anilines is 1. The van der Waals surface area contributed by atoms with Crippen LogP contribution >= 0.6 is 11.3 Å². The number of fused-ring (bicyclic) bond motifs is 1. The number of benzene rings is 1. The van der Waals surface area contributed by atoms with E-state index in [2.05, 4.69) is 22.4 Å². The van der Waals surface area contributed by atoms with Crippen LogP contribution in [0.5, 0.6) is 0 Å². The Morgan fingerprint density at radius 1 is 0.882 bits per heavy atom. The van der Waals surface area contributed by atoms with Gasteiger partial charge in [0.25, 0.3) is 0 Å². The van der Waals surface area contributed by atoms with Crippen LogP contribution in [0.2, 0.25) is 0 Å². The van der Waals surface area contributed by atoms with Crippen LogP contribution < -0.4 is 4.90 Å². The lowest BCUT2D eigenvalue weighted by atomic mass is 10.1. The van der Waals surface area contributed by atoms with Gasteiger partial charge in [0.05, 0.1) is 18.6 Å². The van der Waals surface area contributed by atoms with Gasteiger partial charge in [-0.25, -0.2) is 9.97 Å². The highest BCUT2D eigenvalue weighted by molar-refractivity contribution is 7.17. The minimum atomic E-state index is -0.415. The van der Waals surface area contributed by atoms with E-state index in [9.17, 15) is 9.59 Å². The highest BCUT2D eigenvalue weighted by Gasteiger charge is 2.33. The number of hydrogen-bond acceptors (Lipinski definition) is 7. The fraction of sp³-hybridized carbons (Fsp3) is 0.440. The van der Waals surface area contributed by atoms with E-state index in [1.54, 1.807) is 21.1 Å². The monoisotopic (exact) mass is 477 g/mol. The number of morpholine rings is 1. The third kappa shape index (κ3) is 4.03. The first-order chi connectivity index (χ1) is 16.7. The average Bonchev–Trinajstić information content (AvgIpc) is 3.67. The van der Waals surface area contributed by atoms with E-state index >= 15 is 0 Å². The maximum atomic E-state index is 12.9. The number of hydrogen-bond donors (Lipinski definition) is 0. The van der Waals surface area contributed by atoms with Gasteiger partial charge in [0, 0.05) is 56.1 Å². The van der Waals surface area contributed by atoms with Crippen molar-refractivity contribution in [2.75, 3.05) is 57.4 Å². The number of amides is 2. The van der Waals surface area contributed by atoms with Crippen LogP contribution in [0.15, 0.2) is 35.7 Å². The molecule has 34 heavy (non-hydrogen) atoms. The summed E-state index contributed by atoms with van der Waals surface area (Å²) >= 11 is 1.67. The Balaban J connectivity index is 1.26. The van der Waals surface area contributed by atoms with E-state index in [-0.39, 0.29) is 0 Å². The summed E-state index contributed by atoms with van der Waals surface area (Å²) in [4.78, 5) is 42.0. The summed E-state index contributed by atoms with van der Waals surface area (Å²) in [5.74, 6) is 1.53. The summed E-state index contributed by atoms with van der Waals surface area (Å²) in [7, 11) is 0. The molecule has 9 heteroatoms. The second kappa shape index (κ2) is 8.96. The van der Waals surface area contributed by atoms with E-state index in [1.807, 2.05) is 18.2 Å². The zero-order valence-corrected chi connectivity index (χ0v) is 19.8. The lowest BCUT2D eigenvalue weighted by Crippen LogP contribution is -2.54. The van der Waals surface area contributed by atoms with Gasteiger partial charge in [0.1, 0.15) is 16.5 Å². The molecular formula is C25H27N5O3S. The molecule has 2 aromatic heterocycles. The molecule has 0 N–H and O–H groups in total. The minimum absolute atomic E-state index is 0.409. The van der Waals surface area contributed by atoms with E-state index in [0.29, 0.717) is 58.4 Å². The number of rotatable bonds is 3. The standard InChI is InChI=1S/C25H27N5O3S/c31-24(25(32)30-12-14-33-15-13-30)29-10-8-28(9-11-29)22-20-19(17-4-2-1-3-5-17)16-34-23(20)27-21(26-22)18-6-7-18/h1-5,16,18H,6-15H2. The molecule has 2 saturated heterocycles. The zero-order valence-electron chi connectivity index (χ0n) is 19.0. The summed E-state index contributed by atoms with van der Waals surface area (Å²) in [6, 6.07) is 10.4. The van der Waals surface area contributed by atoms with Gasteiger partial charge >= 0.3 is 11.8 Å². The Morgan fingerprint density at radius 3 is 2.24 bits per heavy atom. The molecule has 176 valence electrons. The summed E-state index contributed by atoms with van der Waals surface area (Å²) in [6.07, 6.45) is 2.29. The maximum absolute atomic E-state index is 12.9. The molecule has 4 heterocycles. The molecule has 3 aliphatic rings. The van der Waals surface area contributed by atoms with Gasteiger partial charge < -0.3 is 19.4 Å². The second-order valence-corrected chi connectivity index (χ2v) is 9.92. The summed E-state index contributed by atoms with van der Waals surface area (Å²) in [5, 5.41) is 3.26. The molecule has 2 amide bonds. The van der Waals surface area contributed by atoms with Gasteiger partial charge in [0.15, 0.2) is 0 Å². The molecule has 3 fully saturated rings.